The molecule has 0 aliphatic carbocycles. The molecular formula is C9H14BrN3O2. The van der Waals surface area contributed by atoms with Crippen molar-refractivity contribution in [3.63, 3.8) is 0 Å². The third-order valence-electron chi connectivity index (χ3n) is 1.92. The summed E-state index contributed by atoms with van der Waals surface area (Å²) in [6, 6.07) is 0. The Kier molecular flexibility index (Phi) is 4.44. The molecule has 0 saturated carbocycles. The normalized spacial score (nSPS) is 14.7. The Bertz CT molecular complexity index is 305. The third-order valence-corrected chi connectivity index (χ3v) is 2.59. The zero-order valence-corrected chi connectivity index (χ0v) is 10.2. The number of hydrogen-bond donors (Lipinski definition) is 2. The van der Waals surface area contributed by atoms with Gasteiger partial charge in [0.05, 0.1) is 6.10 Å². The number of alkyl halides is 1. The van der Waals surface area contributed by atoms with Gasteiger partial charge in [-0.2, -0.15) is 0 Å². The molecule has 2 N–H and O–H groups in total. The summed E-state index contributed by atoms with van der Waals surface area (Å²) in [5.41, 5.74) is 0.507. The van der Waals surface area contributed by atoms with Gasteiger partial charge in [-0.1, -0.05) is 15.9 Å². The highest BCUT2D eigenvalue weighted by Gasteiger charge is 2.17. The monoisotopic (exact) mass is 275 g/mol. The van der Waals surface area contributed by atoms with Gasteiger partial charge in [0.1, 0.15) is 6.10 Å². The van der Waals surface area contributed by atoms with Crippen LogP contribution in [0.2, 0.25) is 0 Å². The molecule has 5 nitrogen and oxygen atoms in total. The van der Waals surface area contributed by atoms with Gasteiger partial charge in [-0.25, -0.2) is 9.97 Å². The molecule has 0 bridgehead atoms. The zero-order valence-electron chi connectivity index (χ0n) is 8.63. The number of aromatic nitrogens is 2. The Morgan fingerprint density at radius 2 is 1.87 bits per heavy atom. The van der Waals surface area contributed by atoms with Crippen molar-refractivity contribution in [2.24, 2.45) is 0 Å². The molecule has 0 radical (unpaired) electrons. The van der Waals surface area contributed by atoms with E-state index >= 15 is 0 Å². The summed E-state index contributed by atoms with van der Waals surface area (Å²) in [7, 11) is 3.66. The van der Waals surface area contributed by atoms with Gasteiger partial charge in [0, 0.05) is 37.4 Å². The van der Waals surface area contributed by atoms with E-state index in [-0.39, 0.29) is 0 Å². The minimum absolute atomic E-state index is 0.309. The molecule has 0 amide bonds. The number of hydrogen-bond acceptors (Lipinski definition) is 5. The molecule has 0 aromatic carbocycles. The fraction of sp³-hybridized carbons (Fsp3) is 0.556. The zero-order chi connectivity index (χ0) is 11.4. The van der Waals surface area contributed by atoms with Gasteiger partial charge in [-0.3, -0.25) is 0 Å². The minimum Gasteiger partial charge on any atom is -0.389 e. The molecule has 15 heavy (non-hydrogen) atoms. The highest BCUT2D eigenvalue weighted by Crippen LogP contribution is 2.17. The number of nitrogens with zero attached hydrogens (tertiary/aromatic N) is 3. The molecule has 2 unspecified atom stereocenters. The van der Waals surface area contributed by atoms with Crippen LogP contribution in [-0.2, 0) is 0 Å². The van der Waals surface area contributed by atoms with Crippen molar-refractivity contribution in [3.05, 3.63) is 18.0 Å². The predicted octanol–water partition coefficient (Wildman–Crippen LogP) is 0.332. The molecule has 1 aromatic rings. The van der Waals surface area contributed by atoms with E-state index in [2.05, 4.69) is 25.9 Å². The van der Waals surface area contributed by atoms with E-state index in [4.69, 9.17) is 0 Å². The number of anilines is 1. The Labute approximate surface area is 96.9 Å². The topological polar surface area (TPSA) is 69.5 Å². The van der Waals surface area contributed by atoms with Crippen molar-refractivity contribution in [2.75, 3.05) is 24.3 Å². The summed E-state index contributed by atoms with van der Waals surface area (Å²) >= 11 is 3.09. The molecule has 0 aliphatic heterocycles. The smallest absolute Gasteiger partial charge is 0.224 e. The van der Waals surface area contributed by atoms with Crippen LogP contribution in [0, 0.1) is 0 Å². The maximum absolute atomic E-state index is 9.64. The SMILES string of the molecule is CN(C)c1ncc(C(O)C(O)CBr)cn1. The first kappa shape index (κ1) is 12.4. The van der Waals surface area contributed by atoms with Crippen LogP contribution in [0.25, 0.3) is 0 Å². The summed E-state index contributed by atoms with van der Waals surface area (Å²) in [4.78, 5) is 9.85. The Balaban J connectivity index is 2.79. The Hall–Kier alpha value is -0.720. The quantitative estimate of drug-likeness (QED) is 0.776. The van der Waals surface area contributed by atoms with Crippen molar-refractivity contribution < 1.29 is 10.2 Å². The molecule has 1 rings (SSSR count). The van der Waals surface area contributed by atoms with Crippen LogP contribution >= 0.6 is 15.9 Å². The van der Waals surface area contributed by atoms with Gasteiger partial charge in [-0.15, -0.1) is 0 Å². The number of halogens is 1. The van der Waals surface area contributed by atoms with Gasteiger partial charge < -0.3 is 15.1 Å². The van der Waals surface area contributed by atoms with Crippen LogP contribution < -0.4 is 4.90 Å². The molecule has 2 atom stereocenters. The van der Waals surface area contributed by atoms with Crippen LogP contribution in [0.5, 0.6) is 0 Å². The Morgan fingerprint density at radius 1 is 1.33 bits per heavy atom. The average molecular weight is 276 g/mol. The van der Waals surface area contributed by atoms with Gasteiger partial charge >= 0.3 is 0 Å². The molecule has 0 fully saturated rings. The van der Waals surface area contributed by atoms with Gasteiger partial charge in [0.25, 0.3) is 0 Å². The predicted molar refractivity (Wildman–Crippen MR) is 61.1 cm³/mol. The van der Waals surface area contributed by atoms with E-state index in [1.807, 2.05) is 14.1 Å². The van der Waals surface area contributed by atoms with Crippen LogP contribution in [0.1, 0.15) is 11.7 Å². The largest absolute Gasteiger partial charge is 0.389 e. The first-order valence-electron chi connectivity index (χ1n) is 4.47. The molecule has 0 saturated heterocycles. The highest BCUT2D eigenvalue weighted by molar-refractivity contribution is 9.09. The summed E-state index contributed by atoms with van der Waals surface area (Å²) in [5, 5.41) is 19.3. The van der Waals surface area contributed by atoms with E-state index in [9.17, 15) is 10.2 Å². The lowest BCUT2D eigenvalue weighted by Crippen LogP contribution is -2.20. The first-order valence-corrected chi connectivity index (χ1v) is 5.59. The molecule has 0 spiro atoms. The van der Waals surface area contributed by atoms with Crippen molar-refractivity contribution in [1.29, 1.82) is 0 Å². The number of rotatable bonds is 4. The third kappa shape index (κ3) is 3.12. The second-order valence-corrected chi connectivity index (χ2v) is 4.02. The van der Waals surface area contributed by atoms with E-state index in [0.29, 0.717) is 16.8 Å². The summed E-state index contributed by atoms with van der Waals surface area (Å²) in [6.07, 6.45) is 1.22. The highest BCUT2D eigenvalue weighted by atomic mass is 79.9. The molecule has 84 valence electrons. The van der Waals surface area contributed by atoms with E-state index in [1.54, 1.807) is 4.90 Å². The van der Waals surface area contributed by atoms with Crippen molar-refractivity contribution in [2.45, 2.75) is 12.2 Å². The maximum Gasteiger partial charge on any atom is 0.224 e. The van der Waals surface area contributed by atoms with Crippen molar-refractivity contribution in [3.8, 4) is 0 Å². The van der Waals surface area contributed by atoms with Crippen LogP contribution in [-0.4, -0.2) is 45.7 Å². The lowest BCUT2D eigenvalue weighted by atomic mass is 10.1. The fourth-order valence-electron chi connectivity index (χ4n) is 1.02. The molecule has 1 aromatic heterocycles. The van der Waals surface area contributed by atoms with Crippen LogP contribution in [0.4, 0.5) is 5.95 Å². The van der Waals surface area contributed by atoms with E-state index in [0.717, 1.165) is 0 Å². The number of aliphatic hydroxyl groups excluding tert-OH is 2. The molecule has 1 heterocycles. The standard InChI is InChI=1S/C9H14BrN3O2/c1-13(2)9-11-4-6(5-12-9)8(15)7(14)3-10/h4-5,7-8,14-15H,3H2,1-2H3. The maximum atomic E-state index is 9.64. The van der Waals surface area contributed by atoms with Crippen molar-refractivity contribution in [1.82, 2.24) is 9.97 Å². The van der Waals surface area contributed by atoms with Gasteiger partial charge in [0.2, 0.25) is 5.95 Å². The van der Waals surface area contributed by atoms with Crippen LogP contribution in [0.3, 0.4) is 0 Å². The summed E-state index contributed by atoms with van der Waals surface area (Å²) < 4.78 is 0. The lowest BCUT2D eigenvalue weighted by Gasteiger charge is -2.16. The fourth-order valence-corrected chi connectivity index (χ4v) is 1.38. The van der Waals surface area contributed by atoms with Crippen molar-refractivity contribution >= 4 is 21.9 Å². The second kappa shape index (κ2) is 5.39. The van der Waals surface area contributed by atoms with Crippen LogP contribution in [0.15, 0.2) is 12.4 Å². The lowest BCUT2D eigenvalue weighted by molar-refractivity contribution is 0.0338. The molecule has 0 aliphatic rings. The van der Waals surface area contributed by atoms with E-state index in [1.165, 1.54) is 12.4 Å². The average Bonchev–Trinajstić information content (AvgIpc) is 2.27. The minimum atomic E-state index is -0.958. The first-order chi connectivity index (χ1) is 7.06. The summed E-state index contributed by atoms with van der Waals surface area (Å²) in [6.45, 7) is 0. The van der Waals surface area contributed by atoms with Gasteiger partial charge in [-0.05, 0) is 0 Å². The number of aliphatic hydroxyl groups is 2. The molecule has 6 heteroatoms. The van der Waals surface area contributed by atoms with Gasteiger partial charge in [0.15, 0.2) is 0 Å². The summed E-state index contributed by atoms with van der Waals surface area (Å²) in [5.74, 6) is 0.569. The van der Waals surface area contributed by atoms with E-state index < -0.39 is 12.2 Å². The molecular weight excluding hydrogens is 262 g/mol. The second-order valence-electron chi connectivity index (χ2n) is 3.38. The Morgan fingerprint density at radius 3 is 2.27 bits per heavy atom.